The zero-order chi connectivity index (χ0) is 11.8. The van der Waals surface area contributed by atoms with Gasteiger partial charge in [-0.05, 0) is 29.1 Å². The molecule has 4 heteroatoms. The average molecular weight is 263 g/mol. The van der Waals surface area contributed by atoms with E-state index in [2.05, 4.69) is 27.1 Å². The Bertz CT molecular complexity index is 655. The van der Waals surface area contributed by atoms with Crippen LogP contribution >= 0.6 is 22.9 Å². The number of aromatic nitrogens is 2. The van der Waals surface area contributed by atoms with Gasteiger partial charge in [0.05, 0.1) is 15.9 Å². The van der Waals surface area contributed by atoms with E-state index in [0.29, 0.717) is 5.88 Å². The van der Waals surface area contributed by atoms with Crippen molar-refractivity contribution < 1.29 is 0 Å². The van der Waals surface area contributed by atoms with Gasteiger partial charge in [-0.25, -0.2) is 4.98 Å². The summed E-state index contributed by atoms with van der Waals surface area (Å²) >= 11 is 7.56. The van der Waals surface area contributed by atoms with E-state index in [0.717, 1.165) is 22.4 Å². The Labute approximate surface area is 108 Å². The van der Waals surface area contributed by atoms with Crippen molar-refractivity contribution in [3.05, 3.63) is 41.3 Å². The van der Waals surface area contributed by atoms with Crippen molar-refractivity contribution in [3.63, 3.8) is 0 Å². The van der Waals surface area contributed by atoms with Crippen molar-refractivity contribution in [2.45, 2.75) is 5.88 Å². The molecule has 0 bridgehead atoms. The number of aryl methyl sites for hydroxylation is 1. The van der Waals surface area contributed by atoms with Crippen molar-refractivity contribution in [2.24, 2.45) is 7.05 Å². The van der Waals surface area contributed by atoms with Crippen LogP contribution in [0.2, 0.25) is 0 Å². The molecule has 3 rings (SSSR count). The van der Waals surface area contributed by atoms with E-state index >= 15 is 0 Å². The molecule has 17 heavy (non-hydrogen) atoms. The Kier molecular flexibility index (Phi) is 2.65. The smallest absolute Gasteiger partial charge is 0.150 e. The summed E-state index contributed by atoms with van der Waals surface area (Å²) in [5.41, 5.74) is 3.27. The minimum atomic E-state index is 0.537. The first-order valence-electron chi connectivity index (χ1n) is 5.35. The van der Waals surface area contributed by atoms with Crippen molar-refractivity contribution in [1.82, 2.24) is 9.55 Å². The molecule has 0 radical (unpaired) electrons. The Morgan fingerprint density at radius 2 is 2.24 bits per heavy atom. The number of rotatable bonds is 2. The van der Waals surface area contributed by atoms with Gasteiger partial charge in [0.25, 0.3) is 0 Å². The highest BCUT2D eigenvalue weighted by molar-refractivity contribution is 7.13. The summed E-state index contributed by atoms with van der Waals surface area (Å²) < 4.78 is 2.12. The zero-order valence-electron chi connectivity index (χ0n) is 9.35. The SMILES string of the molecule is Cn1c(-c2cccs2)nc2ccc(CCl)cc21. The number of alkyl halides is 1. The minimum absolute atomic E-state index is 0.537. The quantitative estimate of drug-likeness (QED) is 0.638. The van der Waals surface area contributed by atoms with Crippen LogP contribution in [0, 0.1) is 0 Å². The van der Waals surface area contributed by atoms with Crippen LogP contribution < -0.4 is 0 Å². The minimum Gasteiger partial charge on any atom is -0.326 e. The van der Waals surface area contributed by atoms with Crippen LogP contribution in [-0.2, 0) is 12.9 Å². The predicted octanol–water partition coefficient (Wildman–Crippen LogP) is 4.04. The molecule has 1 aromatic carbocycles. The first kappa shape index (κ1) is 10.8. The van der Waals surface area contributed by atoms with Gasteiger partial charge < -0.3 is 4.57 Å². The molecule has 0 saturated carbocycles. The van der Waals surface area contributed by atoms with Gasteiger partial charge >= 0.3 is 0 Å². The Balaban J connectivity index is 2.25. The van der Waals surface area contributed by atoms with Gasteiger partial charge in [-0.1, -0.05) is 12.1 Å². The Morgan fingerprint density at radius 1 is 1.35 bits per heavy atom. The molecular weight excluding hydrogens is 252 g/mol. The monoisotopic (exact) mass is 262 g/mol. The molecule has 0 spiro atoms. The molecule has 0 aliphatic heterocycles. The van der Waals surface area contributed by atoms with Gasteiger partial charge in [0, 0.05) is 12.9 Å². The summed E-state index contributed by atoms with van der Waals surface area (Å²) in [6.07, 6.45) is 0. The van der Waals surface area contributed by atoms with E-state index in [1.807, 2.05) is 25.2 Å². The lowest BCUT2D eigenvalue weighted by Gasteiger charge is -2.00. The van der Waals surface area contributed by atoms with Gasteiger partial charge in [0.15, 0.2) is 5.82 Å². The maximum atomic E-state index is 5.86. The van der Waals surface area contributed by atoms with Crippen molar-refractivity contribution >= 4 is 34.0 Å². The molecule has 2 heterocycles. The number of nitrogens with zero attached hydrogens (tertiary/aromatic N) is 2. The Hall–Kier alpha value is -1.32. The summed E-state index contributed by atoms with van der Waals surface area (Å²) in [5.74, 6) is 1.55. The number of benzene rings is 1. The van der Waals surface area contributed by atoms with Gasteiger partial charge in [-0.3, -0.25) is 0 Å². The molecule has 2 aromatic heterocycles. The van der Waals surface area contributed by atoms with E-state index in [4.69, 9.17) is 11.6 Å². The maximum absolute atomic E-state index is 5.86. The molecule has 0 unspecified atom stereocenters. The highest BCUT2D eigenvalue weighted by Gasteiger charge is 2.10. The molecule has 86 valence electrons. The first-order chi connectivity index (χ1) is 8.29. The summed E-state index contributed by atoms with van der Waals surface area (Å²) in [4.78, 5) is 5.85. The van der Waals surface area contributed by atoms with E-state index in [1.54, 1.807) is 11.3 Å². The molecule has 2 nitrogen and oxygen atoms in total. The molecule has 0 amide bonds. The van der Waals surface area contributed by atoms with E-state index in [-0.39, 0.29) is 0 Å². The van der Waals surface area contributed by atoms with E-state index in [1.165, 1.54) is 4.88 Å². The number of halogens is 1. The fourth-order valence-corrected chi connectivity index (χ4v) is 2.86. The van der Waals surface area contributed by atoms with Crippen LogP contribution in [0.5, 0.6) is 0 Å². The van der Waals surface area contributed by atoms with Crippen molar-refractivity contribution in [1.29, 1.82) is 0 Å². The molecule has 0 atom stereocenters. The van der Waals surface area contributed by atoms with Crippen LogP contribution in [0.15, 0.2) is 35.7 Å². The lowest BCUT2D eigenvalue weighted by atomic mass is 10.2. The lowest BCUT2D eigenvalue weighted by molar-refractivity contribution is 0.962. The summed E-state index contributed by atoms with van der Waals surface area (Å²) in [6, 6.07) is 10.3. The standard InChI is InChI=1S/C13H11ClN2S/c1-16-11-7-9(8-14)4-5-10(11)15-13(16)12-3-2-6-17-12/h2-7H,8H2,1H3. The highest BCUT2D eigenvalue weighted by Crippen LogP contribution is 2.27. The average Bonchev–Trinajstić information content (AvgIpc) is 2.97. The van der Waals surface area contributed by atoms with Gasteiger partial charge in [-0.15, -0.1) is 22.9 Å². The lowest BCUT2D eigenvalue weighted by Crippen LogP contribution is -1.90. The largest absolute Gasteiger partial charge is 0.326 e. The summed E-state index contributed by atoms with van der Waals surface area (Å²) in [6.45, 7) is 0. The summed E-state index contributed by atoms with van der Waals surface area (Å²) in [7, 11) is 2.04. The van der Waals surface area contributed by atoms with Gasteiger partial charge in [0.1, 0.15) is 0 Å². The number of imidazole rings is 1. The molecule has 0 N–H and O–H groups in total. The van der Waals surface area contributed by atoms with Gasteiger partial charge in [0.2, 0.25) is 0 Å². The topological polar surface area (TPSA) is 17.8 Å². The van der Waals surface area contributed by atoms with Crippen LogP contribution in [0.4, 0.5) is 0 Å². The van der Waals surface area contributed by atoms with Crippen LogP contribution in [-0.4, -0.2) is 9.55 Å². The number of thiophene rings is 1. The zero-order valence-corrected chi connectivity index (χ0v) is 10.9. The molecule has 3 aromatic rings. The third-order valence-electron chi connectivity index (χ3n) is 2.84. The molecular formula is C13H11ClN2S. The highest BCUT2D eigenvalue weighted by atomic mass is 35.5. The van der Waals surface area contributed by atoms with Gasteiger partial charge in [-0.2, -0.15) is 0 Å². The predicted molar refractivity (Wildman–Crippen MR) is 73.6 cm³/mol. The Morgan fingerprint density at radius 3 is 2.94 bits per heavy atom. The number of hydrogen-bond acceptors (Lipinski definition) is 2. The molecule has 0 aliphatic rings. The van der Waals surface area contributed by atoms with Crippen LogP contribution in [0.25, 0.3) is 21.7 Å². The fourth-order valence-electron chi connectivity index (χ4n) is 1.94. The van der Waals surface area contributed by atoms with Crippen molar-refractivity contribution in [2.75, 3.05) is 0 Å². The molecule has 0 aliphatic carbocycles. The van der Waals surface area contributed by atoms with Crippen LogP contribution in [0.3, 0.4) is 0 Å². The first-order valence-corrected chi connectivity index (χ1v) is 6.76. The second kappa shape index (κ2) is 4.17. The maximum Gasteiger partial charge on any atom is 0.150 e. The van der Waals surface area contributed by atoms with Crippen molar-refractivity contribution in [3.8, 4) is 10.7 Å². The summed E-state index contributed by atoms with van der Waals surface area (Å²) in [5, 5.41) is 2.07. The third kappa shape index (κ3) is 1.75. The molecule has 0 fully saturated rings. The third-order valence-corrected chi connectivity index (χ3v) is 4.02. The number of fused-ring (bicyclic) bond motifs is 1. The normalized spacial score (nSPS) is 11.2. The fraction of sp³-hybridized carbons (Fsp3) is 0.154. The second-order valence-corrected chi connectivity index (χ2v) is 5.14. The number of hydrogen-bond donors (Lipinski definition) is 0. The van der Waals surface area contributed by atoms with E-state index in [9.17, 15) is 0 Å². The van der Waals surface area contributed by atoms with Crippen LogP contribution in [0.1, 0.15) is 5.56 Å². The second-order valence-electron chi connectivity index (χ2n) is 3.93. The van der Waals surface area contributed by atoms with E-state index < -0.39 is 0 Å². The molecule has 0 saturated heterocycles.